The molecule has 3 atom stereocenters. The Hall–Kier alpha value is -1.75. The van der Waals surface area contributed by atoms with Crippen LogP contribution < -0.4 is 0 Å². The number of rotatable bonds is 5. The van der Waals surface area contributed by atoms with E-state index in [9.17, 15) is 0 Å². The maximum absolute atomic E-state index is 6.22. The van der Waals surface area contributed by atoms with Crippen molar-refractivity contribution in [3.63, 3.8) is 0 Å². The number of hydrogen-bond donors (Lipinski definition) is 0. The largest absolute Gasteiger partial charge is 0.374 e. The molecule has 2 saturated heterocycles. The highest BCUT2D eigenvalue weighted by atomic mass is 16.5. The van der Waals surface area contributed by atoms with Crippen LogP contribution in [0.3, 0.4) is 0 Å². The van der Waals surface area contributed by atoms with Crippen LogP contribution in [0.5, 0.6) is 0 Å². The third kappa shape index (κ3) is 3.51. The molecule has 0 radical (unpaired) electrons. The Morgan fingerprint density at radius 2 is 2.00 bits per heavy atom. The van der Waals surface area contributed by atoms with Crippen LogP contribution in [0.1, 0.15) is 24.0 Å². The third-order valence-corrected chi connectivity index (χ3v) is 5.00. The van der Waals surface area contributed by atoms with E-state index in [1.165, 1.54) is 12.0 Å². The number of fused-ring (bicyclic) bond motifs is 1. The number of ether oxygens (including phenoxy) is 2. The van der Waals surface area contributed by atoms with E-state index in [1.54, 1.807) is 6.20 Å². The van der Waals surface area contributed by atoms with E-state index in [4.69, 9.17) is 9.47 Å². The van der Waals surface area contributed by atoms with Crippen molar-refractivity contribution >= 4 is 0 Å². The zero-order valence-electron chi connectivity index (χ0n) is 13.9. The van der Waals surface area contributed by atoms with Gasteiger partial charge >= 0.3 is 0 Å². The van der Waals surface area contributed by atoms with Gasteiger partial charge in [0.05, 0.1) is 12.7 Å². The van der Waals surface area contributed by atoms with Gasteiger partial charge in [0.15, 0.2) is 0 Å². The van der Waals surface area contributed by atoms with Crippen molar-refractivity contribution in [1.29, 1.82) is 0 Å². The normalized spacial score (nSPS) is 27.1. The summed E-state index contributed by atoms with van der Waals surface area (Å²) in [6.07, 6.45) is 6.33. The van der Waals surface area contributed by atoms with Crippen molar-refractivity contribution in [2.24, 2.45) is 0 Å². The van der Waals surface area contributed by atoms with E-state index in [-0.39, 0.29) is 12.2 Å². The van der Waals surface area contributed by atoms with E-state index >= 15 is 0 Å². The summed E-state index contributed by atoms with van der Waals surface area (Å²) in [6.45, 7) is 3.36. The number of nitrogens with zero attached hydrogens (tertiary/aromatic N) is 2. The Morgan fingerprint density at radius 1 is 1.12 bits per heavy atom. The quantitative estimate of drug-likeness (QED) is 0.847. The Kier molecular flexibility index (Phi) is 4.88. The van der Waals surface area contributed by atoms with Crippen molar-refractivity contribution in [3.8, 4) is 0 Å². The molecule has 0 spiro atoms. The zero-order valence-corrected chi connectivity index (χ0v) is 13.9. The predicted molar refractivity (Wildman–Crippen MR) is 92.4 cm³/mol. The van der Waals surface area contributed by atoms with Gasteiger partial charge in [0.1, 0.15) is 6.10 Å². The Bertz CT molecular complexity index is 635. The lowest BCUT2D eigenvalue weighted by Crippen LogP contribution is -2.41. The van der Waals surface area contributed by atoms with Crippen LogP contribution in [-0.4, -0.2) is 41.3 Å². The molecule has 3 heterocycles. The summed E-state index contributed by atoms with van der Waals surface area (Å²) in [5.74, 6) is 0. The van der Waals surface area contributed by atoms with Gasteiger partial charge in [-0.3, -0.25) is 9.88 Å². The SMILES string of the molecule is c1ccc(CN2C[C@H](OCc3cccnc3)[C@H]3OCCC[C@H]32)cc1. The van der Waals surface area contributed by atoms with Crippen molar-refractivity contribution in [1.82, 2.24) is 9.88 Å². The Balaban J connectivity index is 1.43. The maximum atomic E-state index is 6.22. The fraction of sp³-hybridized carbons (Fsp3) is 0.450. The third-order valence-electron chi connectivity index (χ3n) is 5.00. The van der Waals surface area contributed by atoms with E-state index in [1.807, 2.05) is 12.3 Å². The van der Waals surface area contributed by atoms with Crippen LogP contribution in [-0.2, 0) is 22.6 Å². The molecule has 4 nitrogen and oxygen atoms in total. The van der Waals surface area contributed by atoms with E-state index < -0.39 is 0 Å². The first-order chi connectivity index (χ1) is 11.9. The molecule has 0 unspecified atom stereocenters. The molecule has 0 saturated carbocycles. The molecular weight excluding hydrogens is 300 g/mol. The van der Waals surface area contributed by atoms with Gasteiger partial charge < -0.3 is 9.47 Å². The summed E-state index contributed by atoms with van der Waals surface area (Å²) in [6, 6.07) is 15.2. The van der Waals surface area contributed by atoms with E-state index in [2.05, 4.69) is 46.3 Å². The monoisotopic (exact) mass is 324 g/mol. The lowest BCUT2D eigenvalue weighted by atomic mass is 10.0. The Morgan fingerprint density at radius 3 is 2.83 bits per heavy atom. The number of pyridine rings is 1. The van der Waals surface area contributed by atoms with Gasteiger partial charge in [0, 0.05) is 38.1 Å². The first kappa shape index (κ1) is 15.8. The molecule has 1 aromatic heterocycles. The highest BCUT2D eigenvalue weighted by Gasteiger charge is 2.44. The summed E-state index contributed by atoms with van der Waals surface area (Å²) in [5.41, 5.74) is 2.47. The minimum absolute atomic E-state index is 0.138. The van der Waals surface area contributed by atoms with Crippen molar-refractivity contribution in [2.45, 2.75) is 44.2 Å². The second kappa shape index (κ2) is 7.43. The fourth-order valence-electron chi connectivity index (χ4n) is 3.84. The molecule has 2 fully saturated rings. The van der Waals surface area contributed by atoms with Crippen molar-refractivity contribution in [2.75, 3.05) is 13.2 Å². The van der Waals surface area contributed by atoms with Crippen LogP contribution in [0.15, 0.2) is 54.9 Å². The smallest absolute Gasteiger partial charge is 0.100 e. The topological polar surface area (TPSA) is 34.6 Å². The van der Waals surface area contributed by atoms with Gasteiger partial charge in [-0.1, -0.05) is 36.4 Å². The number of benzene rings is 1. The highest BCUT2D eigenvalue weighted by Crippen LogP contribution is 2.32. The van der Waals surface area contributed by atoms with Crippen LogP contribution in [0, 0.1) is 0 Å². The summed E-state index contributed by atoms with van der Waals surface area (Å²) >= 11 is 0. The minimum Gasteiger partial charge on any atom is -0.374 e. The lowest BCUT2D eigenvalue weighted by molar-refractivity contribution is -0.0819. The summed E-state index contributed by atoms with van der Waals surface area (Å²) < 4.78 is 12.3. The average Bonchev–Trinajstić information content (AvgIpc) is 3.00. The molecule has 1 aromatic carbocycles. The molecule has 4 rings (SSSR count). The molecule has 0 aliphatic carbocycles. The molecule has 24 heavy (non-hydrogen) atoms. The van der Waals surface area contributed by atoms with Crippen molar-refractivity contribution < 1.29 is 9.47 Å². The van der Waals surface area contributed by atoms with Gasteiger partial charge in [0.2, 0.25) is 0 Å². The summed E-state index contributed by atoms with van der Waals surface area (Å²) in [5, 5.41) is 0. The molecule has 2 aliphatic heterocycles. The fourth-order valence-corrected chi connectivity index (χ4v) is 3.84. The highest BCUT2D eigenvalue weighted by molar-refractivity contribution is 5.15. The summed E-state index contributed by atoms with van der Waals surface area (Å²) in [7, 11) is 0. The van der Waals surface area contributed by atoms with Gasteiger partial charge in [-0.2, -0.15) is 0 Å². The van der Waals surface area contributed by atoms with Gasteiger partial charge in [-0.05, 0) is 30.0 Å². The molecule has 2 aromatic rings. The van der Waals surface area contributed by atoms with Crippen LogP contribution in [0.2, 0.25) is 0 Å². The molecule has 126 valence electrons. The number of aromatic nitrogens is 1. The first-order valence-electron chi connectivity index (χ1n) is 8.80. The van der Waals surface area contributed by atoms with E-state index in [0.717, 1.165) is 31.7 Å². The molecule has 0 bridgehead atoms. The molecule has 0 amide bonds. The number of hydrogen-bond acceptors (Lipinski definition) is 4. The average molecular weight is 324 g/mol. The van der Waals surface area contributed by atoms with Crippen LogP contribution in [0.25, 0.3) is 0 Å². The molecule has 0 N–H and O–H groups in total. The standard InChI is InChI=1S/C20H24N2O2/c1-2-6-16(7-3-1)13-22-14-19(20-18(22)9-5-11-23-20)24-15-17-8-4-10-21-12-17/h1-4,6-8,10,12,18-20H,5,9,11,13-15H2/t18-,19+,20+/m1/s1. The first-order valence-corrected chi connectivity index (χ1v) is 8.80. The van der Waals surface area contributed by atoms with Gasteiger partial charge in [-0.15, -0.1) is 0 Å². The molecule has 2 aliphatic rings. The maximum Gasteiger partial charge on any atom is 0.100 e. The summed E-state index contributed by atoms with van der Waals surface area (Å²) in [4.78, 5) is 6.70. The van der Waals surface area contributed by atoms with Gasteiger partial charge in [-0.25, -0.2) is 0 Å². The second-order valence-electron chi connectivity index (χ2n) is 6.67. The lowest BCUT2D eigenvalue weighted by Gasteiger charge is -2.32. The van der Waals surface area contributed by atoms with E-state index in [0.29, 0.717) is 12.6 Å². The molecular formula is C20H24N2O2. The van der Waals surface area contributed by atoms with Crippen LogP contribution in [0.4, 0.5) is 0 Å². The minimum atomic E-state index is 0.138. The predicted octanol–water partition coefficient (Wildman–Crippen LogP) is 3.03. The van der Waals surface area contributed by atoms with Gasteiger partial charge in [0.25, 0.3) is 0 Å². The zero-order chi connectivity index (χ0) is 16.2. The van der Waals surface area contributed by atoms with Crippen LogP contribution >= 0.6 is 0 Å². The Labute approximate surface area is 143 Å². The van der Waals surface area contributed by atoms with Crippen molar-refractivity contribution in [3.05, 3.63) is 66.0 Å². The molecule has 4 heteroatoms. The second-order valence-corrected chi connectivity index (χ2v) is 6.67. The number of likely N-dealkylation sites (tertiary alicyclic amines) is 1.